The van der Waals surface area contributed by atoms with Crippen LogP contribution in [-0.2, 0) is 19.1 Å². The molecule has 3 atom stereocenters. The summed E-state index contributed by atoms with van der Waals surface area (Å²) in [5.74, 6) is 0.837. The molecule has 0 spiro atoms. The fourth-order valence-electron chi connectivity index (χ4n) is 3.85. The van der Waals surface area contributed by atoms with Crippen molar-refractivity contribution in [1.82, 2.24) is 0 Å². The summed E-state index contributed by atoms with van der Waals surface area (Å²) < 4.78 is 22.4. The molecular weight excluding hydrogens is 434 g/mol. The Morgan fingerprint density at radius 3 is 2.53 bits per heavy atom. The Balaban J connectivity index is 1.27. The van der Waals surface area contributed by atoms with Crippen LogP contribution in [0.3, 0.4) is 0 Å². The molecule has 1 aliphatic carbocycles. The van der Waals surface area contributed by atoms with Crippen molar-refractivity contribution in [2.24, 2.45) is 5.92 Å². The van der Waals surface area contributed by atoms with Gasteiger partial charge in [0.2, 0.25) is 17.4 Å². The Hall–Kier alpha value is -3.03. The molecule has 8 heteroatoms. The molecule has 2 aromatic rings. The summed E-state index contributed by atoms with van der Waals surface area (Å²) in [6, 6.07) is 13.9. The largest absolute Gasteiger partial charge is 0.497 e. The number of hydrogen-bond acceptors (Lipinski definition) is 6. The summed E-state index contributed by atoms with van der Waals surface area (Å²) in [4.78, 5) is 25.0. The van der Waals surface area contributed by atoms with Crippen molar-refractivity contribution in [2.75, 3.05) is 19.0 Å². The van der Waals surface area contributed by atoms with E-state index in [0.717, 1.165) is 0 Å². The number of fused-ring (bicyclic) bond motifs is 1. The third-order valence-electron chi connectivity index (χ3n) is 5.54. The number of ketones is 1. The molecule has 2 aliphatic rings. The first kappa shape index (κ1) is 22.2. The number of hydrogen-bond donors (Lipinski definition) is 1. The normalized spacial score (nSPS) is 22.2. The van der Waals surface area contributed by atoms with Crippen LogP contribution in [0.2, 0.25) is 5.02 Å². The van der Waals surface area contributed by atoms with Crippen molar-refractivity contribution < 1.29 is 28.5 Å². The van der Waals surface area contributed by atoms with Crippen LogP contribution in [0.25, 0.3) is 0 Å². The predicted molar refractivity (Wildman–Crippen MR) is 119 cm³/mol. The Labute approximate surface area is 191 Å². The summed E-state index contributed by atoms with van der Waals surface area (Å²) in [5.41, 5.74) is 0.655. The van der Waals surface area contributed by atoms with Gasteiger partial charge in [0.15, 0.2) is 0 Å². The molecule has 0 bridgehead atoms. The molecule has 2 aromatic carbocycles. The number of rotatable bonds is 7. The highest BCUT2D eigenvalue weighted by Gasteiger charge is 2.41. The van der Waals surface area contributed by atoms with E-state index in [4.69, 9.17) is 30.5 Å². The van der Waals surface area contributed by atoms with E-state index in [9.17, 15) is 9.59 Å². The third-order valence-corrected chi connectivity index (χ3v) is 5.79. The number of ether oxygens (including phenoxy) is 4. The summed E-state index contributed by atoms with van der Waals surface area (Å²) in [5, 5.41) is 3.37. The smallest absolute Gasteiger partial charge is 0.250 e. The zero-order valence-corrected chi connectivity index (χ0v) is 18.3. The van der Waals surface area contributed by atoms with Crippen LogP contribution in [0.1, 0.15) is 19.3 Å². The van der Waals surface area contributed by atoms with E-state index in [1.165, 1.54) is 6.26 Å². The van der Waals surface area contributed by atoms with Gasteiger partial charge in [-0.05, 0) is 61.4 Å². The second kappa shape index (κ2) is 10.1. The minimum atomic E-state index is -0.288. The molecule has 4 rings (SSSR count). The number of carbonyl (C=O) groups is 2. The van der Waals surface area contributed by atoms with Gasteiger partial charge in [-0.3, -0.25) is 9.59 Å². The third kappa shape index (κ3) is 5.41. The fourth-order valence-corrected chi connectivity index (χ4v) is 3.98. The Kier molecular flexibility index (Phi) is 6.97. The monoisotopic (exact) mass is 457 g/mol. The maximum atomic E-state index is 12.9. The summed E-state index contributed by atoms with van der Waals surface area (Å²) in [7, 11) is 1.59. The number of anilines is 1. The molecule has 3 unspecified atom stereocenters. The maximum absolute atomic E-state index is 12.9. The van der Waals surface area contributed by atoms with Crippen LogP contribution >= 0.6 is 11.6 Å². The van der Waals surface area contributed by atoms with Gasteiger partial charge in [0.1, 0.15) is 30.5 Å². The molecule has 1 N–H and O–H groups in total. The zero-order chi connectivity index (χ0) is 22.5. The molecule has 1 aliphatic heterocycles. The summed E-state index contributed by atoms with van der Waals surface area (Å²) in [6.45, 7) is -0.0692. The quantitative estimate of drug-likeness (QED) is 0.665. The van der Waals surface area contributed by atoms with Crippen LogP contribution < -0.4 is 14.8 Å². The van der Waals surface area contributed by atoms with Gasteiger partial charge in [0.25, 0.3) is 0 Å². The van der Waals surface area contributed by atoms with Gasteiger partial charge in [-0.2, -0.15) is 0 Å². The molecule has 1 saturated carbocycles. The minimum absolute atomic E-state index is 0.0692. The lowest BCUT2D eigenvalue weighted by atomic mass is 9.80. The van der Waals surface area contributed by atoms with Crippen LogP contribution in [-0.4, -0.2) is 37.6 Å². The predicted octanol–water partition coefficient (Wildman–Crippen LogP) is 4.36. The van der Waals surface area contributed by atoms with E-state index in [-0.39, 0.29) is 42.2 Å². The van der Waals surface area contributed by atoms with Crippen molar-refractivity contribution in [2.45, 2.75) is 31.5 Å². The van der Waals surface area contributed by atoms with Gasteiger partial charge in [-0.15, -0.1) is 0 Å². The molecule has 0 radical (unpaired) electrons. The molecule has 32 heavy (non-hydrogen) atoms. The standard InChI is InChI=1S/C24H24ClNO6/c1-29-17-6-8-18(9-7-17)32-22-13-31-21-12-19(10-11-20(21)24(22)28)30-14-23(27)26-16-4-2-15(25)3-5-16/h2-9,13,19-21H,10-12,14H2,1H3,(H,26,27). The zero-order valence-electron chi connectivity index (χ0n) is 17.6. The first-order valence-electron chi connectivity index (χ1n) is 10.4. The van der Waals surface area contributed by atoms with Gasteiger partial charge >= 0.3 is 0 Å². The number of amides is 1. The topological polar surface area (TPSA) is 83.1 Å². The molecule has 0 saturated heterocycles. The number of Topliss-reactive ketones (excluding diaryl/α,β-unsaturated/α-hetero) is 1. The van der Waals surface area contributed by atoms with Crippen LogP contribution in [0.4, 0.5) is 5.69 Å². The lowest BCUT2D eigenvalue weighted by molar-refractivity contribution is -0.136. The van der Waals surface area contributed by atoms with Crippen LogP contribution in [0.5, 0.6) is 11.5 Å². The number of nitrogens with one attached hydrogen (secondary N) is 1. The number of methoxy groups -OCH3 is 1. The average Bonchev–Trinajstić information content (AvgIpc) is 2.81. The van der Waals surface area contributed by atoms with E-state index in [2.05, 4.69) is 5.32 Å². The highest BCUT2D eigenvalue weighted by Crippen LogP contribution is 2.35. The molecule has 0 aromatic heterocycles. The average molecular weight is 458 g/mol. The number of benzene rings is 2. The first-order chi connectivity index (χ1) is 15.5. The summed E-state index contributed by atoms with van der Waals surface area (Å²) in [6.07, 6.45) is 2.75. The highest BCUT2D eigenvalue weighted by molar-refractivity contribution is 6.30. The van der Waals surface area contributed by atoms with Crippen LogP contribution in [0.15, 0.2) is 60.6 Å². The minimum Gasteiger partial charge on any atom is -0.497 e. The molecule has 1 fully saturated rings. The second-order valence-corrected chi connectivity index (χ2v) is 8.14. The van der Waals surface area contributed by atoms with E-state index < -0.39 is 0 Å². The van der Waals surface area contributed by atoms with Gasteiger partial charge in [-0.25, -0.2) is 0 Å². The van der Waals surface area contributed by atoms with E-state index in [1.54, 1.807) is 55.6 Å². The first-order valence-corrected chi connectivity index (χ1v) is 10.8. The highest BCUT2D eigenvalue weighted by atomic mass is 35.5. The van der Waals surface area contributed by atoms with Crippen molar-refractivity contribution in [3.8, 4) is 11.5 Å². The van der Waals surface area contributed by atoms with E-state index in [1.807, 2.05) is 0 Å². The van der Waals surface area contributed by atoms with Crippen LogP contribution in [0, 0.1) is 5.92 Å². The lowest BCUT2D eigenvalue weighted by Gasteiger charge is -2.37. The van der Waals surface area contributed by atoms with Gasteiger partial charge < -0.3 is 24.3 Å². The Morgan fingerprint density at radius 2 is 1.81 bits per heavy atom. The fraction of sp³-hybridized carbons (Fsp3) is 0.333. The van der Waals surface area contributed by atoms with Gasteiger partial charge in [0.05, 0.1) is 19.1 Å². The summed E-state index contributed by atoms with van der Waals surface area (Å²) >= 11 is 5.85. The molecule has 168 valence electrons. The lowest BCUT2D eigenvalue weighted by Crippen LogP contribution is -2.43. The number of halogens is 1. The van der Waals surface area contributed by atoms with Gasteiger partial charge in [0, 0.05) is 17.1 Å². The molecule has 7 nitrogen and oxygen atoms in total. The second-order valence-electron chi connectivity index (χ2n) is 7.71. The molecule has 1 amide bonds. The molecular formula is C24H24ClNO6. The maximum Gasteiger partial charge on any atom is 0.250 e. The SMILES string of the molecule is COc1ccc(OC2=COC3CC(OCC(=O)Nc4ccc(Cl)cc4)CCC3C2=O)cc1. The van der Waals surface area contributed by atoms with Crippen molar-refractivity contribution in [3.05, 3.63) is 65.6 Å². The molecule has 1 heterocycles. The van der Waals surface area contributed by atoms with Gasteiger partial charge in [-0.1, -0.05) is 11.6 Å². The Morgan fingerprint density at radius 1 is 1.09 bits per heavy atom. The number of allylic oxidation sites excluding steroid dienone is 1. The van der Waals surface area contributed by atoms with E-state index >= 15 is 0 Å². The number of carbonyl (C=O) groups excluding carboxylic acids is 2. The Bertz CT molecular complexity index is 989. The van der Waals surface area contributed by atoms with Crippen molar-refractivity contribution in [1.29, 1.82) is 0 Å². The van der Waals surface area contributed by atoms with Crippen molar-refractivity contribution in [3.63, 3.8) is 0 Å². The van der Waals surface area contributed by atoms with E-state index in [0.29, 0.717) is 41.5 Å². The van der Waals surface area contributed by atoms with Crippen molar-refractivity contribution >= 4 is 29.0 Å².